The Morgan fingerprint density at radius 1 is 1.09 bits per heavy atom. The molecule has 6 heteroatoms. The number of nitrogens with one attached hydrogen (secondary N) is 2. The van der Waals surface area contributed by atoms with Gasteiger partial charge in [-0.15, -0.1) is 0 Å². The third-order valence-electron chi connectivity index (χ3n) is 3.95. The predicted octanol–water partition coefficient (Wildman–Crippen LogP) is 2.97. The van der Waals surface area contributed by atoms with Gasteiger partial charge in [-0.1, -0.05) is 18.2 Å². The number of carboxylic acid groups (broad SMARTS) is 1. The highest BCUT2D eigenvalue weighted by Gasteiger charge is 2.20. The molecule has 3 rings (SSSR count). The topological polar surface area (TPSA) is 104 Å². The summed E-state index contributed by atoms with van der Waals surface area (Å²) >= 11 is 0. The molecular formula is C17H17N3O3. The van der Waals surface area contributed by atoms with Crippen molar-refractivity contribution in [2.45, 2.75) is 18.9 Å². The van der Waals surface area contributed by atoms with E-state index in [1.165, 1.54) is 0 Å². The number of nitrogens with two attached hydrogens (primary N) is 1. The lowest BCUT2D eigenvalue weighted by atomic mass is 10.0. The fraction of sp³-hybridized carbons (Fsp3) is 0.176. The lowest BCUT2D eigenvalue weighted by Gasteiger charge is -2.11. The first kappa shape index (κ1) is 15.1. The standard InChI is InChI=1S/C17H17N3O3/c18-13-8-6-10-9-11(5-7-12(10)13)16(21)19-14-3-1-2-4-15(14)20-17(22)23/h1-5,7,9,13,20H,6,8,18H2,(H,19,21)(H,22,23). The minimum Gasteiger partial charge on any atom is -0.465 e. The zero-order chi connectivity index (χ0) is 16.4. The zero-order valence-electron chi connectivity index (χ0n) is 12.4. The molecule has 1 atom stereocenters. The molecule has 1 aliphatic carbocycles. The summed E-state index contributed by atoms with van der Waals surface area (Å²) in [4.78, 5) is 23.2. The Morgan fingerprint density at radius 2 is 1.78 bits per heavy atom. The van der Waals surface area contributed by atoms with Crippen LogP contribution in [0.3, 0.4) is 0 Å². The van der Waals surface area contributed by atoms with Crippen LogP contribution in [0, 0.1) is 0 Å². The van der Waals surface area contributed by atoms with Crippen LogP contribution in [-0.2, 0) is 6.42 Å². The van der Waals surface area contributed by atoms with Crippen molar-refractivity contribution in [2.24, 2.45) is 5.73 Å². The van der Waals surface area contributed by atoms with Crippen molar-refractivity contribution >= 4 is 23.4 Å². The normalized spacial score (nSPS) is 15.8. The van der Waals surface area contributed by atoms with Crippen LogP contribution in [-0.4, -0.2) is 17.1 Å². The first-order chi connectivity index (χ1) is 11.0. The smallest absolute Gasteiger partial charge is 0.409 e. The molecule has 1 aliphatic rings. The van der Waals surface area contributed by atoms with Crippen LogP contribution in [0.2, 0.25) is 0 Å². The average molecular weight is 311 g/mol. The zero-order valence-corrected chi connectivity index (χ0v) is 12.4. The minimum absolute atomic E-state index is 0.0441. The van der Waals surface area contributed by atoms with Crippen LogP contribution < -0.4 is 16.4 Å². The Hall–Kier alpha value is -2.86. The molecule has 0 fully saturated rings. The number of amides is 2. The van der Waals surface area contributed by atoms with Crippen molar-refractivity contribution in [3.05, 3.63) is 59.2 Å². The van der Waals surface area contributed by atoms with Crippen molar-refractivity contribution in [1.82, 2.24) is 0 Å². The molecule has 0 aliphatic heterocycles. The van der Waals surface area contributed by atoms with Gasteiger partial charge in [0.05, 0.1) is 11.4 Å². The second kappa shape index (κ2) is 6.10. The van der Waals surface area contributed by atoms with E-state index in [2.05, 4.69) is 10.6 Å². The monoisotopic (exact) mass is 311 g/mol. The molecule has 0 bridgehead atoms. The van der Waals surface area contributed by atoms with Gasteiger partial charge in [-0.2, -0.15) is 0 Å². The molecule has 0 spiro atoms. The van der Waals surface area contributed by atoms with E-state index >= 15 is 0 Å². The van der Waals surface area contributed by atoms with E-state index < -0.39 is 6.09 Å². The maximum Gasteiger partial charge on any atom is 0.409 e. The number of hydrogen-bond donors (Lipinski definition) is 4. The molecule has 0 saturated carbocycles. The van der Waals surface area contributed by atoms with Crippen molar-refractivity contribution < 1.29 is 14.7 Å². The van der Waals surface area contributed by atoms with Crippen molar-refractivity contribution in [2.75, 3.05) is 10.6 Å². The minimum atomic E-state index is -1.18. The van der Waals surface area contributed by atoms with Crippen LogP contribution >= 0.6 is 0 Å². The summed E-state index contributed by atoms with van der Waals surface area (Å²) in [6, 6.07) is 12.2. The van der Waals surface area contributed by atoms with E-state index in [1.807, 2.05) is 12.1 Å². The fourth-order valence-electron chi connectivity index (χ4n) is 2.80. The van der Waals surface area contributed by atoms with Crippen LogP contribution in [0.25, 0.3) is 0 Å². The molecule has 118 valence electrons. The first-order valence-electron chi connectivity index (χ1n) is 7.33. The quantitative estimate of drug-likeness (QED) is 0.699. The average Bonchev–Trinajstić information content (AvgIpc) is 2.89. The van der Waals surface area contributed by atoms with Gasteiger partial charge in [0.25, 0.3) is 5.91 Å². The second-order valence-electron chi connectivity index (χ2n) is 5.49. The highest BCUT2D eigenvalue weighted by Crippen LogP contribution is 2.30. The molecule has 2 aromatic carbocycles. The van der Waals surface area contributed by atoms with Gasteiger partial charge in [-0.3, -0.25) is 10.1 Å². The number of anilines is 2. The molecule has 1 unspecified atom stereocenters. The van der Waals surface area contributed by atoms with Gasteiger partial charge >= 0.3 is 6.09 Å². The number of rotatable bonds is 3. The molecule has 0 aromatic heterocycles. The van der Waals surface area contributed by atoms with E-state index in [0.717, 1.165) is 24.0 Å². The van der Waals surface area contributed by atoms with Gasteiger partial charge in [-0.25, -0.2) is 4.79 Å². The van der Waals surface area contributed by atoms with Crippen LogP contribution in [0.15, 0.2) is 42.5 Å². The Morgan fingerprint density at radius 3 is 2.48 bits per heavy atom. The maximum atomic E-state index is 12.4. The highest BCUT2D eigenvalue weighted by molar-refractivity contribution is 6.07. The molecule has 5 N–H and O–H groups in total. The maximum absolute atomic E-state index is 12.4. The Bertz CT molecular complexity index is 773. The van der Waals surface area contributed by atoms with E-state index in [1.54, 1.807) is 30.3 Å². The number of para-hydroxylation sites is 2. The highest BCUT2D eigenvalue weighted by atomic mass is 16.4. The molecule has 0 heterocycles. The van der Waals surface area contributed by atoms with Gasteiger partial charge in [0.2, 0.25) is 0 Å². The van der Waals surface area contributed by atoms with E-state index in [9.17, 15) is 9.59 Å². The van der Waals surface area contributed by atoms with Crippen molar-refractivity contribution in [3.8, 4) is 0 Å². The van der Waals surface area contributed by atoms with Crippen LogP contribution in [0.1, 0.15) is 33.9 Å². The van der Waals surface area contributed by atoms with Crippen LogP contribution in [0.4, 0.5) is 16.2 Å². The number of aryl methyl sites for hydroxylation is 1. The van der Waals surface area contributed by atoms with E-state index in [-0.39, 0.29) is 11.9 Å². The van der Waals surface area contributed by atoms with E-state index in [4.69, 9.17) is 10.8 Å². The predicted molar refractivity (Wildman–Crippen MR) is 87.7 cm³/mol. The van der Waals surface area contributed by atoms with Gasteiger partial charge in [-0.05, 0) is 48.2 Å². The number of fused-ring (bicyclic) bond motifs is 1. The van der Waals surface area contributed by atoms with Crippen molar-refractivity contribution in [3.63, 3.8) is 0 Å². The third-order valence-corrected chi connectivity index (χ3v) is 3.95. The summed E-state index contributed by atoms with van der Waals surface area (Å²) in [7, 11) is 0. The fourth-order valence-corrected chi connectivity index (χ4v) is 2.80. The van der Waals surface area contributed by atoms with Crippen LogP contribution in [0.5, 0.6) is 0 Å². The Labute approximate surface area is 133 Å². The Balaban J connectivity index is 1.81. The number of benzene rings is 2. The van der Waals surface area contributed by atoms with Gasteiger partial charge in [0.15, 0.2) is 0 Å². The summed E-state index contributed by atoms with van der Waals surface area (Å²) in [6.45, 7) is 0. The van der Waals surface area contributed by atoms with Gasteiger partial charge in [0, 0.05) is 11.6 Å². The SMILES string of the molecule is NC1CCc2cc(C(=O)Nc3ccccc3NC(=O)O)ccc21. The summed E-state index contributed by atoms with van der Waals surface area (Å²) < 4.78 is 0. The summed E-state index contributed by atoms with van der Waals surface area (Å²) in [5, 5.41) is 13.8. The lowest BCUT2D eigenvalue weighted by Crippen LogP contribution is -2.15. The van der Waals surface area contributed by atoms with Gasteiger partial charge in [0.1, 0.15) is 0 Å². The molecule has 2 amide bonds. The Kier molecular flexibility index (Phi) is 3.99. The second-order valence-corrected chi connectivity index (χ2v) is 5.49. The first-order valence-corrected chi connectivity index (χ1v) is 7.33. The summed E-state index contributed by atoms with van der Waals surface area (Å²) in [5.41, 5.74) is 9.46. The third kappa shape index (κ3) is 3.17. The lowest BCUT2D eigenvalue weighted by molar-refractivity contribution is 0.102. The number of carbonyl (C=O) groups excluding carboxylic acids is 1. The summed E-state index contributed by atoms with van der Waals surface area (Å²) in [5.74, 6) is -0.284. The largest absolute Gasteiger partial charge is 0.465 e. The number of carbonyl (C=O) groups is 2. The molecule has 23 heavy (non-hydrogen) atoms. The summed E-state index contributed by atoms with van der Waals surface area (Å²) in [6.07, 6.45) is 0.582. The molecular weight excluding hydrogens is 294 g/mol. The van der Waals surface area contributed by atoms with Crippen molar-refractivity contribution in [1.29, 1.82) is 0 Å². The van der Waals surface area contributed by atoms with E-state index in [0.29, 0.717) is 16.9 Å². The molecule has 0 radical (unpaired) electrons. The molecule has 6 nitrogen and oxygen atoms in total. The molecule has 0 saturated heterocycles. The molecule has 2 aromatic rings. The van der Waals surface area contributed by atoms with Gasteiger partial charge < -0.3 is 16.2 Å². The number of hydrogen-bond acceptors (Lipinski definition) is 3.